The van der Waals surface area contributed by atoms with Crippen LogP contribution in [0.25, 0.3) is 34.0 Å². The molecule has 1 N–H and O–H groups in total. The van der Waals surface area contributed by atoms with E-state index >= 15 is 0 Å². The minimum Gasteiger partial charge on any atom is -0.459 e. The smallest absolute Gasteiger partial charge is 0.283 e. The van der Waals surface area contributed by atoms with E-state index in [1.165, 1.54) is 0 Å². The highest BCUT2D eigenvalue weighted by Gasteiger charge is 2.18. The predicted molar refractivity (Wildman–Crippen MR) is 97.8 cm³/mol. The number of nitrogens with one attached hydrogen (secondary N) is 1. The molecule has 138 valence electrons. The summed E-state index contributed by atoms with van der Waals surface area (Å²) in [6, 6.07) is 11.3. The summed E-state index contributed by atoms with van der Waals surface area (Å²) < 4.78 is 17.9. The number of ether oxygens (including phenoxy) is 1. The van der Waals surface area contributed by atoms with Crippen LogP contribution in [0.3, 0.4) is 0 Å². The summed E-state index contributed by atoms with van der Waals surface area (Å²) in [5.41, 5.74) is 1.67. The van der Waals surface area contributed by atoms with Gasteiger partial charge in [-0.25, -0.2) is 0 Å². The lowest BCUT2D eigenvalue weighted by Crippen LogP contribution is -2.30. The maximum Gasteiger partial charge on any atom is 0.283 e. The molecule has 27 heavy (non-hydrogen) atoms. The van der Waals surface area contributed by atoms with Crippen molar-refractivity contribution in [2.24, 2.45) is 0 Å². The average molecular weight is 366 g/mol. The number of benzene rings is 1. The van der Waals surface area contributed by atoms with Crippen LogP contribution in [0.15, 0.2) is 57.7 Å². The zero-order chi connectivity index (χ0) is 18.6. The first-order valence-corrected chi connectivity index (χ1v) is 8.47. The van der Waals surface area contributed by atoms with Crippen LogP contribution in [0.5, 0.6) is 0 Å². The second kappa shape index (κ2) is 7.46. The summed E-state index contributed by atoms with van der Waals surface area (Å²) >= 11 is 0. The third kappa shape index (κ3) is 3.47. The Morgan fingerprint density at radius 3 is 2.85 bits per heavy atom. The van der Waals surface area contributed by atoms with Crippen LogP contribution in [0, 0.1) is 0 Å². The van der Waals surface area contributed by atoms with Gasteiger partial charge in [-0.15, -0.1) is 10.2 Å². The molecule has 0 atom stereocenters. The van der Waals surface area contributed by atoms with Crippen molar-refractivity contribution in [3.05, 3.63) is 48.9 Å². The van der Waals surface area contributed by atoms with Crippen LogP contribution in [0.2, 0.25) is 0 Å². The molecular weight excluding hydrogens is 348 g/mol. The summed E-state index contributed by atoms with van der Waals surface area (Å²) in [5, 5.41) is 11.9. The quantitative estimate of drug-likeness (QED) is 0.505. The molecule has 0 aliphatic heterocycles. The van der Waals surface area contributed by atoms with Crippen molar-refractivity contribution in [1.82, 2.24) is 20.1 Å². The Morgan fingerprint density at radius 1 is 1.19 bits per heavy atom. The molecule has 0 spiro atoms. The van der Waals surface area contributed by atoms with Gasteiger partial charge in [0, 0.05) is 30.8 Å². The molecule has 0 aliphatic carbocycles. The molecule has 0 saturated carbocycles. The normalized spacial score (nSPS) is 11.1. The Labute approximate surface area is 154 Å². The largest absolute Gasteiger partial charge is 0.459 e. The number of methoxy groups -OCH3 is 1. The highest BCUT2D eigenvalue weighted by Crippen LogP contribution is 2.31. The van der Waals surface area contributed by atoms with E-state index in [2.05, 4.69) is 15.5 Å². The maximum atomic E-state index is 12.2. The van der Waals surface area contributed by atoms with E-state index in [1.54, 1.807) is 25.5 Å². The van der Waals surface area contributed by atoms with Crippen molar-refractivity contribution in [3.63, 3.8) is 0 Å². The van der Waals surface area contributed by atoms with Gasteiger partial charge in [0.1, 0.15) is 6.54 Å². The van der Waals surface area contributed by atoms with Crippen LogP contribution in [-0.2, 0) is 16.1 Å². The van der Waals surface area contributed by atoms with Gasteiger partial charge >= 0.3 is 0 Å². The number of nitrogens with zero attached hydrogens (tertiary/aromatic N) is 3. The first-order valence-electron chi connectivity index (χ1n) is 8.47. The molecule has 1 aromatic carbocycles. The fraction of sp³-hybridized carbons (Fsp3) is 0.211. The van der Waals surface area contributed by atoms with Crippen molar-refractivity contribution >= 4 is 16.8 Å². The summed E-state index contributed by atoms with van der Waals surface area (Å²) in [5.74, 6) is 1.09. The van der Waals surface area contributed by atoms with Gasteiger partial charge in [-0.3, -0.25) is 4.79 Å². The molecule has 0 saturated heterocycles. The number of rotatable bonds is 7. The van der Waals surface area contributed by atoms with Gasteiger partial charge in [0.2, 0.25) is 11.8 Å². The minimum absolute atomic E-state index is 0.0962. The molecule has 4 aromatic rings. The Morgan fingerprint density at radius 2 is 2.04 bits per heavy atom. The molecule has 0 fully saturated rings. The highest BCUT2D eigenvalue weighted by molar-refractivity contribution is 5.95. The molecule has 0 aliphatic rings. The number of carbonyl (C=O) groups is 1. The van der Waals surface area contributed by atoms with E-state index in [0.717, 1.165) is 16.5 Å². The molecular formula is C19H18N4O4. The maximum absolute atomic E-state index is 12.2. The second-order valence-electron chi connectivity index (χ2n) is 5.92. The Hall–Kier alpha value is -3.39. The molecule has 0 unspecified atom stereocenters. The standard InChI is InChI=1S/C19H18N4O4/c1-25-10-8-20-17(24)12-23-11-14(13-5-2-3-6-15(13)23)18-21-22-19(27-18)16-7-4-9-26-16/h2-7,9,11H,8,10,12H2,1H3,(H,20,24). The number of para-hydroxylation sites is 1. The van der Waals surface area contributed by atoms with E-state index < -0.39 is 0 Å². The summed E-state index contributed by atoms with van der Waals surface area (Å²) in [6.45, 7) is 1.13. The van der Waals surface area contributed by atoms with Gasteiger partial charge in [0.05, 0.1) is 18.4 Å². The number of carbonyl (C=O) groups excluding carboxylic acids is 1. The first kappa shape index (κ1) is 17.0. The molecule has 4 rings (SSSR count). The fourth-order valence-electron chi connectivity index (χ4n) is 2.88. The predicted octanol–water partition coefficient (Wildman–Crippen LogP) is 2.71. The fourth-order valence-corrected chi connectivity index (χ4v) is 2.88. The Bertz CT molecular complexity index is 1050. The van der Waals surface area contributed by atoms with Crippen LogP contribution in [-0.4, -0.2) is 40.9 Å². The van der Waals surface area contributed by atoms with E-state index in [4.69, 9.17) is 13.6 Å². The van der Waals surface area contributed by atoms with Crippen LogP contribution in [0.4, 0.5) is 0 Å². The van der Waals surface area contributed by atoms with Crippen molar-refractivity contribution in [3.8, 4) is 23.1 Å². The van der Waals surface area contributed by atoms with E-state index in [9.17, 15) is 4.79 Å². The van der Waals surface area contributed by atoms with Gasteiger partial charge in [0.15, 0.2) is 5.76 Å². The SMILES string of the molecule is COCCNC(=O)Cn1cc(-c2nnc(-c3ccco3)o2)c2ccccc21. The lowest BCUT2D eigenvalue weighted by molar-refractivity contribution is -0.121. The van der Waals surface area contributed by atoms with E-state index in [1.807, 2.05) is 35.0 Å². The molecule has 3 heterocycles. The van der Waals surface area contributed by atoms with Gasteiger partial charge < -0.3 is 23.5 Å². The number of hydrogen-bond donors (Lipinski definition) is 1. The number of hydrogen-bond acceptors (Lipinski definition) is 6. The number of furan rings is 1. The zero-order valence-electron chi connectivity index (χ0n) is 14.7. The second-order valence-corrected chi connectivity index (χ2v) is 5.92. The van der Waals surface area contributed by atoms with Crippen molar-refractivity contribution in [1.29, 1.82) is 0 Å². The van der Waals surface area contributed by atoms with Crippen molar-refractivity contribution < 1.29 is 18.4 Å². The average Bonchev–Trinajstić information content (AvgIpc) is 3.42. The van der Waals surface area contributed by atoms with Gasteiger partial charge in [-0.05, 0) is 18.2 Å². The van der Waals surface area contributed by atoms with Crippen LogP contribution >= 0.6 is 0 Å². The lowest BCUT2D eigenvalue weighted by Gasteiger charge is -2.06. The van der Waals surface area contributed by atoms with Gasteiger partial charge in [-0.2, -0.15) is 0 Å². The molecule has 0 radical (unpaired) electrons. The van der Waals surface area contributed by atoms with Crippen LogP contribution < -0.4 is 5.32 Å². The topological polar surface area (TPSA) is 95.3 Å². The number of amides is 1. The lowest BCUT2D eigenvalue weighted by atomic mass is 10.2. The highest BCUT2D eigenvalue weighted by atomic mass is 16.5. The first-order chi connectivity index (χ1) is 13.3. The van der Waals surface area contributed by atoms with Gasteiger partial charge in [0.25, 0.3) is 5.89 Å². The van der Waals surface area contributed by atoms with Crippen molar-refractivity contribution in [2.75, 3.05) is 20.3 Å². The molecule has 0 bridgehead atoms. The van der Waals surface area contributed by atoms with Gasteiger partial charge in [-0.1, -0.05) is 18.2 Å². The zero-order valence-corrected chi connectivity index (χ0v) is 14.7. The molecule has 8 nitrogen and oxygen atoms in total. The Kier molecular flexibility index (Phi) is 4.71. The summed E-state index contributed by atoms with van der Waals surface area (Å²) in [6.07, 6.45) is 3.40. The Balaban J connectivity index is 1.65. The summed E-state index contributed by atoms with van der Waals surface area (Å²) in [7, 11) is 1.60. The van der Waals surface area contributed by atoms with E-state index in [0.29, 0.717) is 30.7 Å². The minimum atomic E-state index is -0.0962. The van der Waals surface area contributed by atoms with Crippen molar-refractivity contribution in [2.45, 2.75) is 6.54 Å². The number of aromatic nitrogens is 3. The number of fused-ring (bicyclic) bond motifs is 1. The monoisotopic (exact) mass is 366 g/mol. The third-order valence-electron chi connectivity index (χ3n) is 4.12. The third-order valence-corrected chi connectivity index (χ3v) is 4.12. The van der Waals surface area contributed by atoms with E-state index in [-0.39, 0.29) is 12.5 Å². The molecule has 8 heteroatoms. The molecule has 1 amide bonds. The molecule has 3 aromatic heterocycles. The summed E-state index contributed by atoms with van der Waals surface area (Å²) in [4.78, 5) is 12.2. The van der Waals surface area contributed by atoms with Crippen LogP contribution in [0.1, 0.15) is 0 Å².